The summed E-state index contributed by atoms with van der Waals surface area (Å²) in [6, 6.07) is 2.53. The Balaban J connectivity index is 2.68. The Bertz CT molecular complexity index is 331. The van der Waals surface area contributed by atoms with Gasteiger partial charge in [0, 0.05) is 22.9 Å². The maximum Gasteiger partial charge on any atom is 0.0410 e. The molecule has 1 heterocycles. The molecule has 0 fully saturated rings. The molecule has 90 valence electrons. The summed E-state index contributed by atoms with van der Waals surface area (Å²) < 4.78 is 1.04. The molecule has 0 amide bonds. The predicted octanol–water partition coefficient (Wildman–Crippen LogP) is 3.93. The van der Waals surface area contributed by atoms with Crippen molar-refractivity contribution in [3.05, 3.63) is 28.5 Å². The molecule has 1 unspecified atom stereocenters. The molecule has 0 saturated heterocycles. The first-order valence-corrected chi connectivity index (χ1v) is 6.49. The molecule has 1 N–H and O–H groups in total. The second kappa shape index (κ2) is 5.78. The van der Waals surface area contributed by atoms with Crippen LogP contribution in [-0.4, -0.2) is 12.0 Å². The summed E-state index contributed by atoms with van der Waals surface area (Å²) in [5.41, 5.74) is 1.63. The molecule has 0 aromatic carbocycles. The summed E-state index contributed by atoms with van der Waals surface area (Å²) in [4.78, 5) is 4.21. The first kappa shape index (κ1) is 13.7. The lowest BCUT2D eigenvalue weighted by Crippen LogP contribution is -2.19. The third-order valence-corrected chi connectivity index (χ3v) is 3.09. The normalized spacial score (nSPS) is 13.8. The van der Waals surface area contributed by atoms with Crippen LogP contribution < -0.4 is 5.32 Å². The zero-order valence-electron chi connectivity index (χ0n) is 10.5. The molecular weight excluding hydrogens is 264 g/mol. The summed E-state index contributed by atoms with van der Waals surface area (Å²) in [6.45, 7) is 6.83. The monoisotopic (exact) mass is 284 g/mol. The lowest BCUT2D eigenvalue weighted by atomic mass is 9.87. The Labute approximate surface area is 107 Å². The van der Waals surface area contributed by atoms with Crippen LogP contribution in [0.1, 0.15) is 45.2 Å². The highest BCUT2D eigenvalue weighted by molar-refractivity contribution is 9.10. The van der Waals surface area contributed by atoms with E-state index in [1.807, 2.05) is 19.4 Å². The molecule has 16 heavy (non-hydrogen) atoms. The summed E-state index contributed by atoms with van der Waals surface area (Å²) in [7, 11) is 2.01. The average Bonchev–Trinajstić information content (AvgIpc) is 2.17. The molecule has 0 saturated carbocycles. The van der Waals surface area contributed by atoms with E-state index in [0.717, 1.165) is 10.9 Å². The van der Waals surface area contributed by atoms with E-state index in [-0.39, 0.29) is 0 Å². The molecule has 1 aromatic heterocycles. The third kappa shape index (κ3) is 4.62. The van der Waals surface area contributed by atoms with E-state index >= 15 is 0 Å². The van der Waals surface area contributed by atoms with Gasteiger partial charge in [0.05, 0.1) is 0 Å². The van der Waals surface area contributed by atoms with Crippen LogP contribution in [0.5, 0.6) is 0 Å². The predicted molar refractivity (Wildman–Crippen MR) is 72.4 cm³/mol. The fourth-order valence-electron chi connectivity index (χ4n) is 1.67. The van der Waals surface area contributed by atoms with Crippen LogP contribution in [0.15, 0.2) is 22.9 Å². The number of halogens is 1. The number of rotatable bonds is 4. The largest absolute Gasteiger partial charge is 0.313 e. The van der Waals surface area contributed by atoms with Gasteiger partial charge in [-0.1, -0.05) is 20.8 Å². The number of hydrogen-bond donors (Lipinski definition) is 1. The molecule has 2 nitrogen and oxygen atoms in total. The van der Waals surface area contributed by atoms with Gasteiger partial charge in [-0.3, -0.25) is 4.98 Å². The van der Waals surface area contributed by atoms with Crippen molar-refractivity contribution in [1.29, 1.82) is 0 Å². The molecule has 0 bridgehead atoms. The molecule has 1 rings (SSSR count). The fraction of sp³-hybridized carbons (Fsp3) is 0.615. The Morgan fingerprint density at radius 2 is 2.06 bits per heavy atom. The van der Waals surface area contributed by atoms with E-state index in [2.05, 4.69) is 53.1 Å². The van der Waals surface area contributed by atoms with Crippen LogP contribution in [0.2, 0.25) is 0 Å². The van der Waals surface area contributed by atoms with Crippen molar-refractivity contribution in [3.63, 3.8) is 0 Å². The number of nitrogens with zero attached hydrogens (tertiary/aromatic N) is 1. The second-order valence-corrected chi connectivity index (χ2v) is 6.29. The highest BCUT2D eigenvalue weighted by atomic mass is 79.9. The van der Waals surface area contributed by atoms with E-state index in [1.54, 1.807) is 0 Å². The van der Waals surface area contributed by atoms with Crippen LogP contribution >= 0.6 is 15.9 Å². The van der Waals surface area contributed by atoms with Gasteiger partial charge < -0.3 is 5.32 Å². The van der Waals surface area contributed by atoms with Gasteiger partial charge in [0.2, 0.25) is 0 Å². The van der Waals surface area contributed by atoms with Crippen molar-refractivity contribution in [1.82, 2.24) is 10.3 Å². The highest BCUT2D eigenvalue weighted by Gasteiger charge is 2.15. The maximum atomic E-state index is 4.21. The van der Waals surface area contributed by atoms with Crippen LogP contribution in [0.4, 0.5) is 0 Å². The van der Waals surface area contributed by atoms with Gasteiger partial charge in [-0.15, -0.1) is 0 Å². The van der Waals surface area contributed by atoms with Gasteiger partial charge >= 0.3 is 0 Å². The third-order valence-electron chi connectivity index (χ3n) is 2.66. The molecule has 0 aliphatic carbocycles. The number of hydrogen-bond acceptors (Lipinski definition) is 2. The van der Waals surface area contributed by atoms with Crippen molar-refractivity contribution in [2.45, 2.75) is 39.7 Å². The molecular formula is C13H21BrN2. The summed E-state index contributed by atoms with van der Waals surface area (Å²) in [5, 5.41) is 3.36. The topological polar surface area (TPSA) is 24.9 Å². The van der Waals surface area contributed by atoms with E-state index in [0.29, 0.717) is 11.5 Å². The first-order chi connectivity index (χ1) is 7.42. The summed E-state index contributed by atoms with van der Waals surface area (Å²) in [5.74, 6) is 0. The molecule has 0 aliphatic heterocycles. The molecule has 0 spiro atoms. The quantitative estimate of drug-likeness (QED) is 0.906. The molecule has 1 aromatic rings. The van der Waals surface area contributed by atoms with Gasteiger partial charge in [0.15, 0.2) is 0 Å². The Morgan fingerprint density at radius 1 is 1.38 bits per heavy atom. The van der Waals surface area contributed by atoms with E-state index in [4.69, 9.17) is 0 Å². The lowest BCUT2D eigenvalue weighted by molar-refractivity contribution is 0.338. The standard InChI is InChI=1S/C13H21BrN2/c1-13(2,3)6-5-12(15-4)10-7-11(14)9-16-8-10/h7-9,12,15H,5-6H2,1-4H3. The number of pyridine rings is 1. The van der Waals surface area contributed by atoms with Crippen molar-refractivity contribution in [3.8, 4) is 0 Å². The van der Waals surface area contributed by atoms with E-state index in [9.17, 15) is 0 Å². The van der Waals surface area contributed by atoms with Gasteiger partial charge in [-0.05, 0) is 52.9 Å². The summed E-state index contributed by atoms with van der Waals surface area (Å²) >= 11 is 3.46. The van der Waals surface area contributed by atoms with Crippen LogP contribution in [0, 0.1) is 5.41 Å². The minimum atomic E-state index is 0.383. The van der Waals surface area contributed by atoms with Crippen LogP contribution in [0.25, 0.3) is 0 Å². The SMILES string of the molecule is CNC(CCC(C)(C)C)c1cncc(Br)c1. The van der Waals surface area contributed by atoms with Crippen LogP contribution in [0.3, 0.4) is 0 Å². The van der Waals surface area contributed by atoms with Crippen molar-refractivity contribution in [2.75, 3.05) is 7.05 Å². The summed E-state index contributed by atoms with van der Waals surface area (Å²) in [6.07, 6.45) is 6.09. The molecule has 3 heteroatoms. The van der Waals surface area contributed by atoms with E-state index < -0.39 is 0 Å². The van der Waals surface area contributed by atoms with Gasteiger partial charge in [-0.2, -0.15) is 0 Å². The van der Waals surface area contributed by atoms with Gasteiger partial charge in [0.1, 0.15) is 0 Å². The Hall–Kier alpha value is -0.410. The Morgan fingerprint density at radius 3 is 2.56 bits per heavy atom. The minimum absolute atomic E-state index is 0.383. The minimum Gasteiger partial charge on any atom is -0.313 e. The average molecular weight is 285 g/mol. The zero-order valence-corrected chi connectivity index (χ0v) is 12.1. The van der Waals surface area contributed by atoms with E-state index in [1.165, 1.54) is 12.0 Å². The number of aromatic nitrogens is 1. The fourth-order valence-corrected chi connectivity index (χ4v) is 2.06. The number of nitrogens with one attached hydrogen (secondary N) is 1. The highest BCUT2D eigenvalue weighted by Crippen LogP contribution is 2.27. The maximum absolute atomic E-state index is 4.21. The first-order valence-electron chi connectivity index (χ1n) is 5.70. The molecule has 0 radical (unpaired) electrons. The lowest BCUT2D eigenvalue weighted by Gasteiger charge is -2.23. The van der Waals surface area contributed by atoms with Gasteiger partial charge in [-0.25, -0.2) is 0 Å². The molecule has 1 atom stereocenters. The smallest absolute Gasteiger partial charge is 0.0410 e. The second-order valence-electron chi connectivity index (χ2n) is 5.38. The van der Waals surface area contributed by atoms with Crippen LogP contribution in [-0.2, 0) is 0 Å². The Kier molecular flexibility index (Phi) is 4.93. The van der Waals surface area contributed by atoms with Crippen molar-refractivity contribution < 1.29 is 0 Å². The van der Waals surface area contributed by atoms with Crippen molar-refractivity contribution in [2.24, 2.45) is 5.41 Å². The zero-order chi connectivity index (χ0) is 12.2. The van der Waals surface area contributed by atoms with Crippen molar-refractivity contribution >= 4 is 15.9 Å². The molecule has 0 aliphatic rings. The van der Waals surface area contributed by atoms with Gasteiger partial charge in [0.25, 0.3) is 0 Å².